The van der Waals surface area contributed by atoms with Gasteiger partial charge in [0.25, 0.3) is 0 Å². The Kier molecular flexibility index (Phi) is 7.14. The number of hydrogen-bond donors (Lipinski definition) is 1. The molecule has 6 heteroatoms. The van der Waals surface area contributed by atoms with Crippen molar-refractivity contribution in [1.82, 2.24) is 9.80 Å². The van der Waals surface area contributed by atoms with Crippen LogP contribution in [-0.2, 0) is 4.79 Å². The highest BCUT2D eigenvalue weighted by Crippen LogP contribution is 2.27. The number of rotatable bonds is 7. The van der Waals surface area contributed by atoms with Crippen LogP contribution in [0.4, 0.5) is 0 Å². The van der Waals surface area contributed by atoms with E-state index in [1.165, 1.54) is 5.56 Å². The Hall–Kier alpha value is -3.12. The van der Waals surface area contributed by atoms with Crippen molar-refractivity contribution in [2.75, 3.05) is 33.4 Å². The largest absolute Gasteiger partial charge is 0.496 e. The molecule has 1 amide bonds. The molecule has 1 fully saturated rings. The second-order valence-corrected chi connectivity index (χ2v) is 9.07. The number of β-amino-alcohol motifs (C(OH)–C–C–N with tert-alkyl or cyclic N) is 1. The fourth-order valence-corrected chi connectivity index (χ4v) is 4.58. The summed E-state index contributed by atoms with van der Waals surface area (Å²) >= 11 is 0. The van der Waals surface area contributed by atoms with Gasteiger partial charge < -0.3 is 19.6 Å². The SMILES string of the molecule is COc1ccccc1C1=NCN(CC2(O)CCN(C(=O)CC(C)c3ccccc3)CC2)C=C1. The van der Waals surface area contributed by atoms with Crippen LogP contribution < -0.4 is 4.74 Å². The first-order valence-electron chi connectivity index (χ1n) is 11.6. The van der Waals surface area contributed by atoms with Crippen LogP contribution in [0.1, 0.15) is 43.2 Å². The molecule has 0 aliphatic carbocycles. The summed E-state index contributed by atoms with van der Waals surface area (Å²) in [6.07, 6.45) is 5.61. The lowest BCUT2D eigenvalue weighted by Gasteiger charge is -2.41. The van der Waals surface area contributed by atoms with E-state index in [4.69, 9.17) is 9.73 Å². The van der Waals surface area contributed by atoms with Crippen molar-refractivity contribution in [1.29, 1.82) is 0 Å². The van der Waals surface area contributed by atoms with Gasteiger partial charge in [-0.1, -0.05) is 49.4 Å². The minimum atomic E-state index is -0.816. The number of para-hydroxylation sites is 1. The van der Waals surface area contributed by atoms with E-state index < -0.39 is 5.60 Å². The summed E-state index contributed by atoms with van der Waals surface area (Å²) < 4.78 is 5.44. The van der Waals surface area contributed by atoms with Crippen molar-refractivity contribution in [3.05, 3.63) is 78.0 Å². The normalized spacial score (nSPS) is 18.6. The molecule has 4 rings (SSSR count). The molecule has 0 bridgehead atoms. The minimum Gasteiger partial charge on any atom is -0.496 e. The third kappa shape index (κ3) is 5.63. The predicted octanol–water partition coefficient (Wildman–Crippen LogP) is 3.82. The van der Waals surface area contributed by atoms with Crippen molar-refractivity contribution in [3.8, 4) is 5.75 Å². The van der Waals surface area contributed by atoms with Crippen LogP contribution >= 0.6 is 0 Å². The number of benzene rings is 2. The van der Waals surface area contributed by atoms with Gasteiger partial charge in [-0.2, -0.15) is 0 Å². The lowest BCUT2D eigenvalue weighted by Crippen LogP contribution is -2.51. The number of aliphatic hydroxyl groups is 1. The van der Waals surface area contributed by atoms with E-state index in [2.05, 4.69) is 19.1 Å². The van der Waals surface area contributed by atoms with Gasteiger partial charge in [0.2, 0.25) is 5.91 Å². The molecule has 0 spiro atoms. The highest BCUT2D eigenvalue weighted by Gasteiger charge is 2.35. The number of methoxy groups -OCH3 is 1. The second-order valence-electron chi connectivity index (χ2n) is 9.07. The fraction of sp³-hybridized carbons (Fsp3) is 0.407. The van der Waals surface area contributed by atoms with Crippen molar-refractivity contribution in [2.24, 2.45) is 4.99 Å². The summed E-state index contributed by atoms with van der Waals surface area (Å²) in [7, 11) is 1.66. The Morgan fingerprint density at radius 1 is 1.12 bits per heavy atom. The fourth-order valence-electron chi connectivity index (χ4n) is 4.58. The van der Waals surface area contributed by atoms with Gasteiger partial charge >= 0.3 is 0 Å². The van der Waals surface area contributed by atoms with Crippen molar-refractivity contribution < 1.29 is 14.6 Å². The molecule has 174 valence electrons. The number of carbonyl (C=O) groups is 1. The van der Waals surface area contributed by atoms with Gasteiger partial charge in [0.15, 0.2) is 0 Å². The van der Waals surface area contributed by atoms with Crippen molar-refractivity contribution >= 4 is 11.6 Å². The maximum Gasteiger partial charge on any atom is 0.223 e. The molecule has 1 atom stereocenters. The first-order chi connectivity index (χ1) is 16.0. The van der Waals surface area contributed by atoms with Crippen LogP contribution in [0.2, 0.25) is 0 Å². The number of hydrogen-bond acceptors (Lipinski definition) is 5. The summed E-state index contributed by atoms with van der Waals surface area (Å²) in [6, 6.07) is 18.0. The number of carbonyl (C=O) groups excluding carboxylic acids is 1. The topological polar surface area (TPSA) is 65.4 Å². The number of aliphatic imine (C=N–C) groups is 1. The molecule has 6 nitrogen and oxygen atoms in total. The molecule has 2 heterocycles. The van der Waals surface area contributed by atoms with Gasteiger partial charge in [-0.3, -0.25) is 9.79 Å². The summed E-state index contributed by atoms with van der Waals surface area (Å²) in [5.41, 5.74) is 2.21. The number of nitrogens with zero attached hydrogens (tertiary/aromatic N) is 3. The summed E-state index contributed by atoms with van der Waals surface area (Å²) in [5.74, 6) is 1.15. The molecular formula is C27H33N3O3. The first-order valence-corrected chi connectivity index (χ1v) is 11.6. The summed E-state index contributed by atoms with van der Waals surface area (Å²) in [4.78, 5) is 21.4. The average Bonchev–Trinajstić information content (AvgIpc) is 2.85. The van der Waals surface area contributed by atoms with Crippen LogP contribution in [0.15, 0.2) is 71.9 Å². The van der Waals surface area contributed by atoms with Gasteiger partial charge in [-0.25, -0.2) is 0 Å². The van der Waals surface area contributed by atoms with E-state index in [9.17, 15) is 9.90 Å². The van der Waals surface area contributed by atoms with Crippen LogP contribution in [-0.4, -0.2) is 65.5 Å². The highest BCUT2D eigenvalue weighted by atomic mass is 16.5. The number of amides is 1. The molecular weight excluding hydrogens is 414 g/mol. The lowest BCUT2D eigenvalue weighted by molar-refractivity contribution is -0.136. The number of allylic oxidation sites excluding steroid dienone is 1. The molecule has 1 saturated heterocycles. The minimum absolute atomic E-state index is 0.164. The van der Waals surface area contributed by atoms with E-state index in [0.717, 1.165) is 17.0 Å². The number of piperidine rings is 1. The van der Waals surface area contributed by atoms with E-state index in [1.54, 1.807) is 7.11 Å². The van der Waals surface area contributed by atoms with Crippen LogP contribution in [0.3, 0.4) is 0 Å². The monoisotopic (exact) mass is 447 g/mol. The summed E-state index contributed by atoms with van der Waals surface area (Å²) in [6.45, 7) is 4.27. The molecule has 0 radical (unpaired) electrons. The Balaban J connectivity index is 1.28. The third-order valence-corrected chi connectivity index (χ3v) is 6.64. The average molecular weight is 448 g/mol. The van der Waals surface area contributed by atoms with Crippen LogP contribution in [0.5, 0.6) is 5.75 Å². The molecule has 0 aromatic heterocycles. The number of likely N-dealkylation sites (tertiary alicyclic amines) is 1. The highest BCUT2D eigenvalue weighted by molar-refractivity contribution is 6.10. The summed E-state index contributed by atoms with van der Waals surface area (Å²) in [5, 5.41) is 11.2. The molecule has 0 saturated carbocycles. The Morgan fingerprint density at radius 2 is 1.82 bits per heavy atom. The van der Waals surface area contributed by atoms with Gasteiger partial charge in [-0.15, -0.1) is 0 Å². The van der Waals surface area contributed by atoms with E-state index in [-0.39, 0.29) is 11.8 Å². The van der Waals surface area contributed by atoms with Crippen LogP contribution in [0.25, 0.3) is 0 Å². The second kappa shape index (κ2) is 10.2. The Bertz CT molecular complexity index is 1010. The Labute approximate surface area is 196 Å². The third-order valence-electron chi connectivity index (χ3n) is 6.64. The molecule has 2 aliphatic heterocycles. The van der Waals surface area contributed by atoms with Crippen molar-refractivity contribution in [2.45, 2.75) is 37.7 Å². The molecule has 2 aromatic carbocycles. The van der Waals surface area contributed by atoms with Crippen molar-refractivity contribution in [3.63, 3.8) is 0 Å². The van der Waals surface area contributed by atoms with Gasteiger partial charge in [-0.05, 0) is 42.5 Å². The maximum atomic E-state index is 12.8. The number of ether oxygens (including phenoxy) is 1. The predicted molar refractivity (Wildman–Crippen MR) is 130 cm³/mol. The molecule has 2 aromatic rings. The van der Waals surface area contributed by atoms with Gasteiger partial charge in [0.05, 0.1) is 18.4 Å². The van der Waals surface area contributed by atoms with Gasteiger partial charge in [0, 0.05) is 37.8 Å². The zero-order valence-electron chi connectivity index (χ0n) is 19.5. The van der Waals surface area contributed by atoms with E-state index in [0.29, 0.717) is 45.6 Å². The van der Waals surface area contributed by atoms with Crippen LogP contribution in [0, 0.1) is 0 Å². The Morgan fingerprint density at radius 3 is 2.48 bits per heavy atom. The maximum absolute atomic E-state index is 12.8. The molecule has 2 aliphatic rings. The quantitative estimate of drug-likeness (QED) is 0.701. The zero-order chi connectivity index (χ0) is 23.3. The smallest absolute Gasteiger partial charge is 0.223 e. The van der Waals surface area contributed by atoms with E-state index in [1.807, 2.05) is 64.5 Å². The molecule has 33 heavy (non-hydrogen) atoms. The van der Waals surface area contributed by atoms with E-state index >= 15 is 0 Å². The molecule has 1 N–H and O–H groups in total. The lowest BCUT2D eigenvalue weighted by atomic mass is 9.90. The molecule has 1 unspecified atom stereocenters. The van der Waals surface area contributed by atoms with Gasteiger partial charge in [0.1, 0.15) is 12.4 Å². The first kappa shape index (κ1) is 23.1. The standard InChI is InChI=1S/C27H33N3O3/c1-21(22-8-4-3-5-9-22)18-26(31)30-16-13-27(32,14-17-30)19-29-15-12-24(28-20-29)23-10-6-7-11-25(23)33-2/h3-12,15,21,32H,13-14,16-20H2,1-2H3. The zero-order valence-corrected chi connectivity index (χ0v) is 19.5.